The van der Waals surface area contributed by atoms with E-state index in [1.54, 1.807) is 0 Å². The average molecular weight is 207 g/mol. The van der Waals surface area contributed by atoms with Gasteiger partial charge in [0.1, 0.15) is 5.54 Å². The van der Waals surface area contributed by atoms with Gasteiger partial charge in [-0.15, -0.1) is 0 Å². The lowest BCUT2D eigenvalue weighted by Crippen LogP contribution is -2.43. The quantitative estimate of drug-likeness (QED) is 0.778. The third-order valence-corrected chi connectivity index (χ3v) is 2.64. The molecule has 3 nitrogen and oxygen atoms in total. The van der Waals surface area contributed by atoms with Crippen LogP contribution in [0.25, 0.3) is 0 Å². The summed E-state index contributed by atoms with van der Waals surface area (Å²) < 4.78 is 0. The normalized spacial score (nSPS) is 14.7. The number of aliphatic carboxylic acids is 1. The minimum atomic E-state index is -1.32. The van der Waals surface area contributed by atoms with Crippen LogP contribution in [0.15, 0.2) is 12.1 Å². The molecule has 1 atom stereocenters. The number of nitrogens with two attached hydrogens (primary N) is 1. The molecule has 82 valence electrons. The van der Waals surface area contributed by atoms with Gasteiger partial charge >= 0.3 is 5.97 Å². The van der Waals surface area contributed by atoms with Crippen LogP contribution in [0.1, 0.15) is 29.2 Å². The Morgan fingerprint density at radius 1 is 1.27 bits per heavy atom. The summed E-state index contributed by atoms with van der Waals surface area (Å²) in [7, 11) is 0. The predicted molar refractivity (Wildman–Crippen MR) is 59.8 cm³/mol. The fourth-order valence-electron chi connectivity index (χ4n) is 2.11. The van der Waals surface area contributed by atoms with Crippen molar-refractivity contribution in [3.8, 4) is 0 Å². The smallest absolute Gasteiger partial charge is 0.328 e. The molecular weight excluding hydrogens is 190 g/mol. The first kappa shape index (κ1) is 11.7. The maximum Gasteiger partial charge on any atom is 0.328 e. The summed E-state index contributed by atoms with van der Waals surface area (Å²) in [5, 5.41) is 9.09. The summed E-state index contributed by atoms with van der Waals surface area (Å²) >= 11 is 0. The largest absolute Gasteiger partial charge is 0.480 e. The lowest BCUT2D eigenvalue weighted by Gasteiger charge is -2.24. The summed E-state index contributed by atoms with van der Waals surface area (Å²) in [4.78, 5) is 11.1. The molecule has 0 saturated carbocycles. The van der Waals surface area contributed by atoms with Crippen molar-refractivity contribution in [1.82, 2.24) is 0 Å². The minimum absolute atomic E-state index is 0.709. The highest BCUT2D eigenvalue weighted by Gasteiger charge is 2.33. The van der Waals surface area contributed by atoms with Gasteiger partial charge in [-0.1, -0.05) is 17.7 Å². The molecule has 0 aliphatic carbocycles. The third kappa shape index (κ3) is 2.02. The average Bonchev–Trinajstić information content (AvgIpc) is 2.00. The highest BCUT2D eigenvalue weighted by molar-refractivity contribution is 5.81. The minimum Gasteiger partial charge on any atom is -0.480 e. The van der Waals surface area contributed by atoms with Crippen molar-refractivity contribution in [3.05, 3.63) is 34.4 Å². The van der Waals surface area contributed by atoms with E-state index in [2.05, 4.69) is 0 Å². The lowest BCUT2D eigenvalue weighted by molar-refractivity contribution is -0.143. The summed E-state index contributed by atoms with van der Waals surface area (Å²) in [6.07, 6.45) is 0. The van der Waals surface area contributed by atoms with Crippen LogP contribution in [0.2, 0.25) is 0 Å². The molecule has 0 fully saturated rings. The Balaban J connectivity index is 3.44. The van der Waals surface area contributed by atoms with E-state index < -0.39 is 11.5 Å². The van der Waals surface area contributed by atoms with E-state index in [0.717, 1.165) is 16.7 Å². The van der Waals surface area contributed by atoms with Crippen molar-refractivity contribution < 1.29 is 9.90 Å². The number of rotatable bonds is 2. The van der Waals surface area contributed by atoms with Crippen LogP contribution in [-0.4, -0.2) is 11.1 Å². The van der Waals surface area contributed by atoms with Crippen molar-refractivity contribution in [2.24, 2.45) is 5.73 Å². The number of benzene rings is 1. The van der Waals surface area contributed by atoms with E-state index in [4.69, 9.17) is 10.8 Å². The second kappa shape index (κ2) is 3.66. The molecule has 1 rings (SSSR count). The number of carbonyl (C=O) groups is 1. The van der Waals surface area contributed by atoms with E-state index >= 15 is 0 Å². The summed E-state index contributed by atoms with van der Waals surface area (Å²) in [5.74, 6) is -1.00. The zero-order valence-electron chi connectivity index (χ0n) is 9.59. The van der Waals surface area contributed by atoms with Crippen molar-refractivity contribution in [2.45, 2.75) is 33.2 Å². The first-order valence-corrected chi connectivity index (χ1v) is 4.87. The zero-order chi connectivity index (χ0) is 11.8. The van der Waals surface area contributed by atoms with Crippen molar-refractivity contribution in [1.29, 1.82) is 0 Å². The molecule has 0 radical (unpaired) electrons. The van der Waals surface area contributed by atoms with Gasteiger partial charge in [-0.25, -0.2) is 4.79 Å². The van der Waals surface area contributed by atoms with Gasteiger partial charge in [0.05, 0.1) is 0 Å². The van der Waals surface area contributed by atoms with Gasteiger partial charge in [0.15, 0.2) is 0 Å². The first-order valence-electron chi connectivity index (χ1n) is 4.87. The molecule has 1 aromatic carbocycles. The fourth-order valence-corrected chi connectivity index (χ4v) is 2.11. The van der Waals surface area contributed by atoms with E-state index in [1.807, 2.05) is 32.9 Å². The molecule has 0 aliphatic heterocycles. The number of carboxylic acid groups (broad SMARTS) is 1. The van der Waals surface area contributed by atoms with E-state index in [-0.39, 0.29) is 0 Å². The van der Waals surface area contributed by atoms with Gasteiger partial charge in [0.2, 0.25) is 0 Å². The molecule has 0 heterocycles. The van der Waals surface area contributed by atoms with E-state index in [1.165, 1.54) is 6.92 Å². The Kier molecular flexibility index (Phi) is 2.86. The highest BCUT2D eigenvalue weighted by atomic mass is 16.4. The summed E-state index contributed by atoms with van der Waals surface area (Å²) in [6, 6.07) is 3.91. The van der Waals surface area contributed by atoms with Crippen LogP contribution in [0, 0.1) is 20.8 Å². The molecule has 15 heavy (non-hydrogen) atoms. The number of carboxylic acids is 1. The maximum atomic E-state index is 11.1. The Morgan fingerprint density at radius 3 is 2.00 bits per heavy atom. The second-order valence-corrected chi connectivity index (χ2v) is 4.28. The Hall–Kier alpha value is -1.35. The zero-order valence-corrected chi connectivity index (χ0v) is 9.59. The molecule has 3 heteroatoms. The van der Waals surface area contributed by atoms with Crippen LogP contribution >= 0.6 is 0 Å². The van der Waals surface area contributed by atoms with Crippen molar-refractivity contribution >= 4 is 5.97 Å². The monoisotopic (exact) mass is 207 g/mol. The number of aryl methyl sites for hydroxylation is 3. The molecule has 0 bridgehead atoms. The molecule has 3 N–H and O–H groups in total. The van der Waals surface area contributed by atoms with Gasteiger partial charge in [0, 0.05) is 0 Å². The Morgan fingerprint density at radius 2 is 1.67 bits per heavy atom. The third-order valence-electron chi connectivity index (χ3n) is 2.64. The first-order chi connectivity index (χ1) is 6.76. The van der Waals surface area contributed by atoms with Crippen LogP contribution in [0.5, 0.6) is 0 Å². The summed E-state index contributed by atoms with van der Waals surface area (Å²) in [6.45, 7) is 7.30. The fraction of sp³-hybridized carbons (Fsp3) is 0.417. The topological polar surface area (TPSA) is 63.3 Å². The molecule has 0 aliphatic rings. The van der Waals surface area contributed by atoms with Gasteiger partial charge in [0.25, 0.3) is 0 Å². The van der Waals surface area contributed by atoms with Gasteiger partial charge in [-0.2, -0.15) is 0 Å². The van der Waals surface area contributed by atoms with Crippen molar-refractivity contribution in [2.75, 3.05) is 0 Å². The van der Waals surface area contributed by atoms with Crippen LogP contribution in [-0.2, 0) is 10.3 Å². The molecule has 1 aromatic rings. The lowest BCUT2D eigenvalue weighted by atomic mass is 9.85. The Bertz CT molecular complexity index is 385. The van der Waals surface area contributed by atoms with E-state index in [9.17, 15) is 4.79 Å². The number of hydrogen-bond donors (Lipinski definition) is 2. The summed E-state index contributed by atoms with van der Waals surface area (Å²) in [5.41, 5.74) is 8.21. The molecule has 0 aromatic heterocycles. The van der Waals surface area contributed by atoms with Crippen LogP contribution < -0.4 is 5.73 Å². The predicted octanol–water partition coefficient (Wildman–Crippen LogP) is 1.87. The van der Waals surface area contributed by atoms with E-state index in [0.29, 0.717) is 5.56 Å². The van der Waals surface area contributed by atoms with Gasteiger partial charge in [-0.05, 0) is 44.4 Å². The van der Waals surface area contributed by atoms with Crippen LogP contribution in [0.3, 0.4) is 0 Å². The second-order valence-electron chi connectivity index (χ2n) is 4.28. The molecule has 0 amide bonds. The van der Waals surface area contributed by atoms with Gasteiger partial charge < -0.3 is 10.8 Å². The molecule has 0 saturated heterocycles. The van der Waals surface area contributed by atoms with Crippen molar-refractivity contribution in [3.63, 3.8) is 0 Å². The standard InChI is InChI=1S/C12H17NO2/c1-7-5-8(2)10(9(3)6-7)12(4,13)11(14)15/h5-6H,13H2,1-4H3,(H,14,15). The number of hydrogen-bond acceptors (Lipinski definition) is 2. The Labute approximate surface area is 89.9 Å². The molecular formula is C12H17NO2. The van der Waals surface area contributed by atoms with Gasteiger partial charge in [-0.3, -0.25) is 0 Å². The van der Waals surface area contributed by atoms with Crippen LogP contribution in [0.4, 0.5) is 0 Å². The molecule has 1 unspecified atom stereocenters. The maximum absolute atomic E-state index is 11.1. The SMILES string of the molecule is Cc1cc(C)c(C(C)(N)C(=O)O)c(C)c1. The molecule has 0 spiro atoms. The highest BCUT2D eigenvalue weighted by Crippen LogP contribution is 2.26.